The van der Waals surface area contributed by atoms with E-state index >= 15 is 0 Å². The minimum absolute atomic E-state index is 0.301. The van der Waals surface area contributed by atoms with E-state index in [4.69, 9.17) is 10.6 Å². The molecule has 1 aliphatic heterocycles. The van der Waals surface area contributed by atoms with Gasteiger partial charge in [-0.15, -0.1) is 11.3 Å². The number of nitrogens with zero attached hydrogens (tertiary/aromatic N) is 1. The van der Waals surface area contributed by atoms with Crippen LogP contribution >= 0.6 is 11.3 Å². The Kier molecular flexibility index (Phi) is 5.76. The van der Waals surface area contributed by atoms with Crippen LogP contribution in [0, 0.1) is 13.8 Å². The number of hydrazine groups is 1. The van der Waals surface area contributed by atoms with Gasteiger partial charge in [-0.3, -0.25) is 11.3 Å². The Morgan fingerprint density at radius 3 is 2.89 bits per heavy atom. The Hall–Kier alpha value is -0.490. The standard InChI is InChI=1S/C14H25N3OS/c1-10-11(2)19-14(16-10)9-12(17-15)6-7-13-5-3-4-8-18-13/h12-13,17H,3-9,15H2,1-2H3. The maximum atomic E-state index is 5.76. The summed E-state index contributed by atoms with van der Waals surface area (Å²) in [6, 6.07) is 0.301. The van der Waals surface area contributed by atoms with Crippen LogP contribution in [-0.4, -0.2) is 23.7 Å². The molecule has 4 nitrogen and oxygen atoms in total. The maximum Gasteiger partial charge on any atom is 0.0946 e. The SMILES string of the molecule is Cc1nc(CC(CCC2CCCCO2)NN)sc1C. The summed E-state index contributed by atoms with van der Waals surface area (Å²) in [6.45, 7) is 5.11. The monoisotopic (exact) mass is 283 g/mol. The normalized spacial score (nSPS) is 21.5. The van der Waals surface area contributed by atoms with Gasteiger partial charge in [-0.2, -0.15) is 0 Å². The predicted octanol–water partition coefficient (Wildman–Crippen LogP) is 2.48. The molecule has 0 saturated carbocycles. The van der Waals surface area contributed by atoms with Gasteiger partial charge >= 0.3 is 0 Å². The molecule has 19 heavy (non-hydrogen) atoms. The molecule has 108 valence electrons. The van der Waals surface area contributed by atoms with E-state index in [1.165, 1.54) is 29.1 Å². The highest BCUT2D eigenvalue weighted by Gasteiger charge is 2.17. The third-order valence-corrected chi connectivity index (χ3v) is 4.94. The van der Waals surface area contributed by atoms with Gasteiger partial charge in [0.15, 0.2) is 0 Å². The summed E-state index contributed by atoms with van der Waals surface area (Å²) < 4.78 is 5.76. The molecule has 2 unspecified atom stereocenters. The molecule has 3 N–H and O–H groups in total. The van der Waals surface area contributed by atoms with Gasteiger partial charge in [0, 0.05) is 23.9 Å². The molecule has 1 aromatic rings. The van der Waals surface area contributed by atoms with Crippen LogP contribution in [0.4, 0.5) is 0 Å². The summed E-state index contributed by atoms with van der Waals surface area (Å²) in [5.74, 6) is 5.67. The molecule has 1 saturated heterocycles. The highest BCUT2D eigenvalue weighted by Crippen LogP contribution is 2.21. The van der Waals surface area contributed by atoms with Crippen LogP contribution in [0.3, 0.4) is 0 Å². The number of rotatable bonds is 6. The third kappa shape index (κ3) is 4.53. The van der Waals surface area contributed by atoms with Crippen molar-refractivity contribution >= 4 is 11.3 Å². The lowest BCUT2D eigenvalue weighted by Crippen LogP contribution is -2.37. The average molecular weight is 283 g/mol. The first-order chi connectivity index (χ1) is 9.19. The average Bonchev–Trinajstić information content (AvgIpc) is 2.74. The molecule has 1 aromatic heterocycles. The predicted molar refractivity (Wildman–Crippen MR) is 79.2 cm³/mol. The van der Waals surface area contributed by atoms with E-state index in [9.17, 15) is 0 Å². The number of nitrogens with one attached hydrogen (secondary N) is 1. The summed E-state index contributed by atoms with van der Waals surface area (Å²) in [4.78, 5) is 5.89. The lowest BCUT2D eigenvalue weighted by Gasteiger charge is -2.24. The van der Waals surface area contributed by atoms with Gasteiger partial charge in [0.05, 0.1) is 16.8 Å². The van der Waals surface area contributed by atoms with Gasteiger partial charge in [-0.25, -0.2) is 4.98 Å². The molecule has 1 fully saturated rings. The van der Waals surface area contributed by atoms with Crippen molar-refractivity contribution < 1.29 is 4.74 Å². The maximum absolute atomic E-state index is 5.76. The first-order valence-corrected chi connectivity index (χ1v) is 8.01. The zero-order valence-corrected chi connectivity index (χ0v) is 12.8. The molecule has 2 rings (SSSR count). The van der Waals surface area contributed by atoms with Crippen LogP contribution in [0.25, 0.3) is 0 Å². The second kappa shape index (κ2) is 7.33. The molecule has 0 bridgehead atoms. The Balaban J connectivity index is 1.79. The second-order valence-corrected chi connectivity index (χ2v) is 6.67. The highest BCUT2D eigenvalue weighted by atomic mass is 32.1. The number of nitrogens with two attached hydrogens (primary N) is 1. The molecule has 0 amide bonds. The van der Waals surface area contributed by atoms with E-state index in [2.05, 4.69) is 24.3 Å². The van der Waals surface area contributed by atoms with Crippen LogP contribution in [0.5, 0.6) is 0 Å². The molecule has 5 heteroatoms. The van der Waals surface area contributed by atoms with Gasteiger partial charge in [0.1, 0.15) is 0 Å². The van der Waals surface area contributed by atoms with E-state index in [1.807, 2.05) is 0 Å². The molecule has 0 aromatic carbocycles. The van der Waals surface area contributed by atoms with Crippen molar-refractivity contribution in [2.75, 3.05) is 6.61 Å². The van der Waals surface area contributed by atoms with Crippen LogP contribution in [0.15, 0.2) is 0 Å². The summed E-state index contributed by atoms with van der Waals surface area (Å²) in [5.41, 5.74) is 4.07. The third-order valence-electron chi connectivity index (χ3n) is 3.84. The lowest BCUT2D eigenvalue weighted by atomic mass is 10.0. The van der Waals surface area contributed by atoms with Gasteiger partial charge in [0.25, 0.3) is 0 Å². The Morgan fingerprint density at radius 2 is 2.32 bits per heavy atom. The van der Waals surface area contributed by atoms with Crippen molar-refractivity contribution in [3.05, 3.63) is 15.6 Å². The molecule has 0 radical (unpaired) electrons. The molecule has 1 aliphatic rings. The van der Waals surface area contributed by atoms with E-state index in [-0.39, 0.29) is 0 Å². The van der Waals surface area contributed by atoms with Crippen molar-refractivity contribution in [1.29, 1.82) is 0 Å². The summed E-state index contributed by atoms with van der Waals surface area (Å²) >= 11 is 1.78. The molecule has 0 aliphatic carbocycles. The van der Waals surface area contributed by atoms with Crippen molar-refractivity contribution in [2.24, 2.45) is 5.84 Å². The van der Waals surface area contributed by atoms with Crippen molar-refractivity contribution in [3.8, 4) is 0 Å². The first kappa shape index (κ1) is 14.9. The zero-order chi connectivity index (χ0) is 13.7. The van der Waals surface area contributed by atoms with E-state index < -0.39 is 0 Å². The molecule has 2 atom stereocenters. The molecular weight excluding hydrogens is 258 g/mol. The van der Waals surface area contributed by atoms with Crippen LogP contribution in [0.1, 0.15) is 47.7 Å². The number of ether oxygens (including phenoxy) is 1. The number of hydrogen-bond donors (Lipinski definition) is 2. The van der Waals surface area contributed by atoms with E-state index in [0.29, 0.717) is 12.1 Å². The highest BCUT2D eigenvalue weighted by molar-refractivity contribution is 7.11. The number of thiazole rings is 1. The second-order valence-electron chi connectivity index (χ2n) is 5.38. The molecule has 0 spiro atoms. The van der Waals surface area contributed by atoms with Crippen LogP contribution in [-0.2, 0) is 11.2 Å². The van der Waals surface area contributed by atoms with Gasteiger partial charge in [-0.1, -0.05) is 0 Å². The van der Waals surface area contributed by atoms with Gasteiger partial charge < -0.3 is 4.74 Å². The number of aromatic nitrogens is 1. The van der Waals surface area contributed by atoms with Crippen molar-refractivity contribution in [3.63, 3.8) is 0 Å². The number of aryl methyl sites for hydroxylation is 2. The first-order valence-electron chi connectivity index (χ1n) is 7.19. The zero-order valence-electron chi connectivity index (χ0n) is 11.9. The quantitative estimate of drug-likeness (QED) is 0.622. The summed E-state index contributed by atoms with van der Waals surface area (Å²) in [7, 11) is 0. The molecule has 2 heterocycles. The fourth-order valence-electron chi connectivity index (χ4n) is 2.50. The smallest absolute Gasteiger partial charge is 0.0946 e. The van der Waals surface area contributed by atoms with E-state index in [0.717, 1.165) is 31.6 Å². The summed E-state index contributed by atoms with van der Waals surface area (Å²) in [6.07, 6.45) is 7.22. The van der Waals surface area contributed by atoms with E-state index in [1.54, 1.807) is 11.3 Å². The molecular formula is C14H25N3OS. The van der Waals surface area contributed by atoms with Crippen LogP contribution in [0.2, 0.25) is 0 Å². The fourth-order valence-corrected chi connectivity index (χ4v) is 3.52. The fraction of sp³-hybridized carbons (Fsp3) is 0.786. The minimum atomic E-state index is 0.301. The minimum Gasteiger partial charge on any atom is -0.378 e. The number of hydrogen-bond acceptors (Lipinski definition) is 5. The topological polar surface area (TPSA) is 60.2 Å². The van der Waals surface area contributed by atoms with Crippen molar-refractivity contribution in [2.45, 2.75) is 64.5 Å². The van der Waals surface area contributed by atoms with Crippen molar-refractivity contribution in [1.82, 2.24) is 10.4 Å². The van der Waals surface area contributed by atoms with Gasteiger partial charge in [0.2, 0.25) is 0 Å². The Bertz CT molecular complexity index is 369. The van der Waals surface area contributed by atoms with Gasteiger partial charge in [-0.05, 0) is 46.0 Å². The summed E-state index contributed by atoms with van der Waals surface area (Å²) in [5, 5.41) is 1.18. The van der Waals surface area contributed by atoms with Crippen LogP contribution < -0.4 is 11.3 Å². The Labute approximate surface area is 119 Å². The lowest BCUT2D eigenvalue weighted by molar-refractivity contribution is 0.00858. The largest absolute Gasteiger partial charge is 0.378 e. The Morgan fingerprint density at radius 1 is 1.47 bits per heavy atom.